The number of cyclic esters (lactones) is 1. The molecule has 5 rings (SSSR count). The molecule has 0 aromatic heterocycles. The predicted molar refractivity (Wildman–Crippen MR) is 137 cm³/mol. The first-order valence-electron chi connectivity index (χ1n) is 12.7. The van der Waals surface area contributed by atoms with E-state index in [1.165, 1.54) is 9.80 Å². The van der Waals surface area contributed by atoms with E-state index >= 15 is 0 Å². The molecule has 38 heavy (non-hydrogen) atoms. The summed E-state index contributed by atoms with van der Waals surface area (Å²) in [6.45, 7) is 1.50. The molecular formula is C27H30ClN3O7. The minimum absolute atomic E-state index is 0.0934. The van der Waals surface area contributed by atoms with Crippen molar-refractivity contribution in [2.24, 2.45) is 11.8 Å². The number of likely N-dealkylation sites (tertiary alicyclic amines) is 1. The molecule has 3 amide bonds. The molecule has 0 saturated carbocycles. The van der Waals surface area contributed by atoms with Crippen LogP contribution in [0.4, 0.5) is 5.69 Å². The van der Waals surface area contributed by atoms with E-state index < -0.39 is 53.5 Å². The molecule has 1 spiro atoms. The molecule has 6 atom stereocenters. The highest BCUT2D eigenvalue weighted by Gasteiger charge is 2.73. The van der Waals surface area contributed by atoms with Gasteiger partial charge in [0.2, 0.25) is 11.8 Å². The summed E-state index contributed by atoms with van der Waals surface area (Å²) in [6.07, 6.45) is 6.35. The molecule has 1 aromatic carbocycles. The van der Waals surface area contributed by atoms with Crippen LogP contribution in [0.25, 0.3) is 0 Å². The lowest BCUT2D eigenvalue weighted by Crippen LogP contribution is -2.56. The largest absolute Gasteiger partial charge is 0.460 e. The van der Waals surface area contributed by atoms with Crippen molar-refractivity contribution in [1.29, 1.82) is 0 Å². The maximum absolute atomic E-state index is 14.3. The van der Waals surface area contributed by atoms with Crippen LogP contribution in [-0.4, -0.2) is 83.8 Å². The third kappa shape index (κ3) is 4.50. The number of nitrogens with zero attached hydrogens (tertiary/aromatic N) is 2. The Labute approximate surface area is 225 Å². The SMILES string of the molecule is C[C@@H]1CNC(=O)CC/C=C\CN(c2ccc(Cl)cc2)C(=O)[C@@H]2N(CCO)C(=O)[C@H]3[C@H](C(=O)O1)[C@@H]1C=C[C@]23O1. The lowest BCUT2D eigenvalue weighted by atomic mass is 9.74. The van der Waals surface area contributed by atoms with Gasteiger partial charge in [-0.2, -0.15) is 0 Å². The minimum Gasteiger partial charge on any atom is -0.460 e. The zero-order valence-electron chi connectivity index (χ0n) is 20.9. The number of β-amino-alcohol motifs (C(OH)–C–C–N with tert-alkyl or cyclic N) is 1. The van der Waals surface area contributed by atoms with Gasteiger partial charge in [0, 0.05) is 30.2 Å². The first-order chi connectivity index (χ1) is 18.3. The van der Waals surface area contributed by atoms with Crippen LogP contribution < -0.4 is 10.2 Å². The Kier molecular flexibility index (Phi) is 7.30. The number of hydrogen-bond donors (Lipinski definition) is 2. The number of benzene rings is 1. The molecule has 0 radical (unpaired) electrons. The molecule has 5 bridgehead atoms. The maximum atomic E-state index is 14.3. The number of hydrogen-bond acceptors (Lipinski definition) is 7. The first-order valence-corrected chi connectivity index (χ1v) is 13.1. The van der Waals surface area contributed by atoms with Gasteiger partial charge in [-0.3, -0.25) is 19.2 Å². The molecular weight excluding hydrogens is 514 g/mol. The van der Waals surface area contributed by atoms with Crippen molar-refractivity contribution < 1.29 is 33.8 Å². The first kappa shape index (κ1) is 26.4. The smallest absolute Gasteiger partial charge is 0.313 e. The standard InChI is InChI=1S/C27H30ClN3O7/c1-16-15-29-20(33)5-3-2-4-12-30(18-8-6-17(28)7-9-18)25(35)23-27-11-10-19(38-27)21(26(36)37-16)22(27)24(34)31(23)13-14-32/h2,4,6-11,16,19,21-23,32H,3,5,12-15H2,1H3,(H,29,33)/b4-2-/t16-,19+,21-,22-,23+,27-/m1/s1. The Hall–Kier alpha value is -3.21. The molecule has 11 heteroatoms. The number of amides is 3. The van der Waals surface area contributed by atoms with Gasteiger partial charge in [0.1, 0.15) is 23.7 Å². The fourth-order valence-electron chi connectivity index (χ4n) is 5.83. The average Bonchev–Trinajstić information content (AvgIpc) is 3.53. The van der Waals surface area contributed by atoms with Gasteiger partial charge in [-0.05, 0) is 37.6 Å². The van der Waals surface area contributed by atoms with Crippen molar-refractivity contribution in [1.82, 2.24) is 10.2 Å². The van der Waals surface area contributed by atoms with Crippen molar-refractivity contribution in [3.05, 3.63) is 53.6 Å². The van der Waals surface area contributed by atoms with Gasteiger partial charge in [0.15, 0.2) is 0 Å². The topological polar surface area (TPSA) is 125 Å². The third-order valence-corrected chi connectivity index (χ3v) is 7.77. The Morgan fingerprint density at radius 1 is 1.13 bits per heavy atom. The minimum atomic E-state index is -1.38. The van der Waals surface area contributed by atoms with Crippen LogP contribution >= 0.6 is 11.6 Å². The van der Waals surface area contributed by atoms with Gasteiger partial charge >= 0.3 is 5.97 Å². The highest BCUT2D eigenvalue weighted by molar-refractivity contribution is 6.30. The molecule has 4 heterocycles. The molecule has 4 aliphatic heterocycles. The van der Waals surface area contributed by atoms with Crippen molar-refractivity contribution in [3.63, 3.8) is 0 Å². The van der Waals surface area contributed by atoms with Crippen molar-refractivity contribution in [2.45, 2.75) is 43.6 Å². The van der Waals surface area contributed by atoms with Gasteiger partial charge in [-0.1, -0.05) is 35.9 Å². The molecule has 4 aliphatic rings. The Bertz CT molecular complexity index is 1190. The normalized spacial score (nSPS) is 34.3. The number of esters is 1. The fraction of sp³-hybridized carbons (Fsp3) is 0.481. The van der Waals surface area contributed by atoms with Crippen molar-refractivity contribution >= 4 is 41.0 Å². The van der Waals surface area contributed by atoms with E-state index in [2.05, 4.69) is 5.32 Å². The number of aliphatic hydroxyl groups excluding tert-OH is 1. The molecule has 2 saturated heterocycles. The van der Waals surface area contributed by atoms with E-state index in [-0.39, 0.29) is 38.6 Å². The number of nitrogens with one attached hydrogen (secondary N) is 1. The summed E-state index contributed by atoms with van der Waals surface area (Å²) in [4.78, 5) is 56.4. The number of carbonyl (C=O) groups is 4. The van der Waals surface area contributed by atoms with Crippen LogP contribution in [0.3, 0.4) is 0 Å². The molecule has 1 aromatic rings. The highest BCUT2D eigenvalue weighted by Crippen LogP contribution is 2.55. The van der Waals surface area contributed by atoms with Crippen LogP contribution in [0.1, 0.15) is 19.8 Å². The molecule has 202 valence electrons. The van der Waals surface area contributed by atoms with Gasteiger partial charge in [-0.25, -0.2) is 0 Å². The number of ether oxygens (including phenoxy) is 2. The summed E-state index contributed by atoms with van der Waals surface area (Å²) in [6, 6.07) is 5.63. The fourth-order valence-corrected chi connectivity index (χ4v) is 5.96. The van der Waals surface area contributed by atoms with Gasteiger partial charge in [0.05, 0.1) is 25.2 Å². The monoisotopic (exact) mass is 543 g/mol. The summed E-state index contributed by atoms with van der Waals surface area (Å²) in [5.74, 6) is -3.61. The number of fused-ring (bicyclic) bond motifs is 2. The summed E-state index contributed by atoms with van der Waals surface area (Å²) < 4.78 is 11.9. The van der Waals surface area contributed by atoms with Crippen LogP contribution in [0.5, 0.6) is 0 Å². The molecule has 10 nitrogen and oxygen atoms in total. The zero-order chi connectivity index (χ0) is 27.0. The second-order valence-electron chi connectivity index (χ2n) is 9.94. The second kappa shape index (κ2) is 10.5. The lowest BCUT2D eigenvalue weighted by molar-refractivity contribution is -0.158. The summed E-state index contributed by atoms with van der Waals surface area (Å²) in [5, 5.41) is 13.0. The van der Waals surface area contributed by atoms with Crippen LogP contribution in [0, 0.1) is 11.8 Å². The Morgan fingerprint density at radius 3 is 2.63 bits per heavy atom. The average molecular weight is 544 g/mol. The van der Waals surface area contributed by atoms with E-state index in [4.69, 9.17) is 21.1 Å². The molecule has 2 fully saturated rings. The van der Waals surface area contributed by atoms with Gasteiger partial charge in [-0.15, -0.1) is 0 Å². The zero-order valence-corrected chi connectivity index (χ0v) is 21.7. The summed E-state index contributed by atoms with van der Waals surface area (Å²) in [5.41, 5.74) is -0.824. The summed E-state index contributed by atoms with van der Waals surface area (Å²) in [7, 11) is 0. The van der Waals surface area contributed by atoms with E-state index in [1.54, 1.807) is 49.4 Å². The lowest BCUT2D eigenvalue weighted by Gasteiger charge is -2.35. The quantitative estimate of drug-likeness (QED) is 0.433. The number of carbonyl (C=O) groups excluding carboxylic acids is 4. The van der Waals surface area contributed by atoms with Gasteiger partial charge in [0.25, 0.3) is 5.91 Å². The maximum Gasteiger partial charge on any atom is 0.313 e. The Balaban J connectivity index is 1.58. The van der Waals surface area contributed by atoms with E-state index in [9.17, 15) is 24.3 Å². The third-order valence-electron chi connectivity index (χ3n) is 7.52. The van der Waals surface area contributed by atoms with Crippen LogP contribution in [0.15, 0.2) is 48.6 Å². The predicted octanol–water partition coefficient (Wildman–Crippen LogP) is 1.21. The molecule has 0 unspecified atom stereocenters. The number of aliphatic hydroxyl groups is 1. The van der Waals surface area contributed by atoms with E-state index in [0.29, 0.717) is 17.1 Å². The Morgan fingerprint density at radius 2 is 1.89 bits per heavy atom. The number of allylic oxidation sites excluding steroid dienone is 1. The second-order valence-corrected chi connectivity index (χ2v) is 10.4. The molecule has 0 aliphatic carbocycles. The van der Waals surface area contributed by atoms with E-state index in [1.807, 2.05) is 6.08 Å². The number of halogens is 1. The van der Waals surface area contributed by atoms with Crippen molar-refractivity contribution in [3.8, 4) is 0 Å². The van der Waals surface area contributed by atoms with E-state index in [0.717, 1.165) is 0 Å². The van der Waals surface area contributed by atoms with Crippen molar-refractivity contribution in [2.75, 3.05) is 31.1 Å². The highest BCUT2D eigenvalue weighted by atomic mass is 35.5. The summed E-state index contributed by atoms with van der Waals surface area (Å²) >= 11 is 6.08. The van der Waals surface area contributed by atoms with Crippen LogP contribution in [-0.2, 0) is 28.7 Å². The molecule has 2 N–H and O–H groups in total. The van der Waals surface area contributed by atoms with Gasteiger partial charge < -0.3 is 29.7 Å². The van der Waals surface area contributed by atoms with Crippen LogP contribution in [0.2, 0.25) is 5.02 Å². The number of rotatable bonds is 3. The number of anilines is 1.